The lowest BCUT2D eigenvalue weighted by Crippen LogP contribution is -2.04. The van der Waals surface area contributed by atoms with E-state index in [0.717, 1.165) is 33.6 Å². The molecule has 1 aliphatic rings. The number of aromatic nitrogens is 3. The van der Waals surface area contributed by atoms with Gasteiger partial charge in [0.2, 0.25) is 0 Å². The highest BCUT2D eigenvalue weighted by atomic mass is 32.1. The average Bonchev–Trinajstić information content (AvgIpc) is 3.77. The second-order valence-electron chi connectivity index (χ2n) is 12.5. The zero-order valence-electron chi connectivity index (χ0n) is 24.8. The molecule has 0 atom stereocenters. The van der Waals surface area contributed by atoms with Crippen LogP contribution in [0.1, 0.15) is 0 Å². The summed E-state index contributed by atoms with van der Waals surface area (Å²) in [7, 11) is 0. The summed E-state index contributed by atoms with van der Waals surface area (Å²) in [5, 5.41) is 10.4. The van der Waals surface area contributed by atoms with Crippen molar-refractivity contribution in [1.82, 2.24) is 14.5 Å². The second kappa shape index (κ2) is 8.59. The summed E-state index contributed by atoms with van der Waals surface area (Å²) in [5.41, 5.74) is 8.76. The van der Waals surface area contributed by atoms with Crippen molar-refractivity contribution in [2.24, 2.45) is 0 Å². The van der Waals surface area contributed by atoms with Gasteiger partial charge in [0, 0.05) is 56.7 Å². The van der Waals surface area contributed by atoms with Crippen LogP contribution in [-0.2, 0) is 0 Å². The summed E-state index contributed by atoms with van der Waals surface area (Å²) in [4.78, 5) is 10.9. The Bertz CT molecular complexity index is 3200. The smallest absolute Gasteiger partial charge is 0.165 e. The maximum atomic E-state index is 5.48. The Labute approximate surface area is 275 Å². The fourth-order valence-corrected chi connectivity index (χ4v) is 10.6. The predicted octanol–water partition coefficient (Wildman–Crippen LogP) is 12.3. The zero-order valence-corrected chi connectivity index (χ0v) is 26.4. The van der Waals surface area contributed by atoms with Crippen LogP contribution in [0.15, 0.2) is 127 Å². The average molecular weight is 632 g/mol. The normalized spacial score (nSPS) is 12.7. The molecule has 3 nitrogen and oxygen atoms in total. The topological polar surface area (TPSA) is 30.7 Å². The van der Waals surface area contributed by atoms with E-state index in [0.29, 0.717) is 0 Å². The van der Waals surface area contributed by atoms with E-state index in [1.807, 2.05) is 22.7 Å². The molecule has 0 aliphatic heterocycles. The molecular formula is C42H21N3S2. The minimum Gasteiger partial charge on any atom is -0.292 e. The molecule has 7 aromatic carbocycles. The molecule has 47 heavy (non-hydrogen) atoms. The van der Waals surface area contributed by atoms with Gasteiger partial charge in [-0.2, -0.15) is 0 Å². The third-order valence-electron chi connectivity index (χ3n) is 10.1. The van der Waals surface area contributed by atoms with Crippen molar-refractivity contribution in [3.63, 3.8) is 0 Å². The van der Waals surface area contributed by atoms with Crippen LogP contribution >= 0.6 is 22.7 Å². The maximum absolute atomic E-state index is 5.48. The Balaban J connectivity index is 1.32. The van der Waals surface area contributed by atoms with E-state index < -0.39 is 0 Å². The summed E-state index contributed by atoms with van der Waals surface area (Å²) < 4.78 is 7.58. The molecule has 0 amide bonds. The van der Waals surface area contributed by atoms with E-state index in [1.54, 1.807) is 0 Å². The highest BCUT2D eigenvalue weighted by Crippen LogP contribution is 2.52. The molecule has 1 aliphatic carbocycles. The first kappa shape index (κ1) is 24.6. The molecule has 5 heteroatoms. The third-order valence-corrected chi connectivity index (χ3v) is 12.5. The standard InChI is InChI=1S/C42H21N3S2/c1-4-16-32-23(9-1)26-12-6-13-27(41(26)47-32)40-42(44-29-15-3-2-14-28(29)43-40)45-30-19-18-22-8-5-10-24-25-11-7-17-33-36(25)39-34(46-33)21-20-31(45)38(39)37(30)35(22)24/h1-21H. The number of hydrogen-bond acceptors (Lipinski definition) is 4. The highest BCUT2D eigenvalue weighted by Gasteiger charge is 2.27. The third kappa shape index (κ3) is 3.02. The van der Waals surface area contributed by atoms with Crippen LogP contribution in [0.2, 0.25) is 0 Å². The summed E-state index contributed by atoms with van der Waals surface area (Å²) in [6.07, 6.45) is 0. The van der Waals surface area contributed by atoms with Gasteiger partial charge < -0.3 is 0 Å². The molecule has 0 saturated carbocycles. The van der Waals surface area contributed by atoms with E-state index in [1.165, 1.54) is 78.5 Å². The number of fused-ring (bicyclic) bond motifs is 5. The van der Waals surface area contributed by atoms with Crippen molar-refractivity contribution >= 4 is 107 Å². The summed E-state index contributed by atoms with van der Waals surface area (Å²) >= 11 is 3.73. The minimum atomic E-state index is 0.866. The molecule has 4 heterocycles. The molecule has 0 fully saturated rings. The molecule has 0 N–H and O–H groups in total. The molecular weight excluding hydrogens is 611 g/mol. The lowest BCUT2D eigenvalue weighted by atomic mass is 9.95. The fourth-order valence-electron chi connectivity index (χ4n) is 8.21. The zero-order chi connectivity index (χ0) is 30.4. The molecule has 0 radical (unpaired) electrons. The number of thiophene rings is 2. The molecule has 0 saturated heterocycles. The van der Waals surface area contributed by atoms with Gasteiger partial charge in [-0.1, -0.05) is 84.9 Å². The minimum absolute atomic E-state index is 0.866. The van der Waals surface area contributed by atoms with Crippen LogP contribution in [0.4, 0.5) is 0 Å². The van der Waals surface area contributed by atoms with Crippen molar-refractivity contribution in [3.05, 3.63) is 127 Å². The van der Waals surface area contributed by atoms with E-state index in [9.17, 15) is 0 Å². The van der Waals surface area contributed by atoms with Crippen LogP contribution in [0.25, 0.3) is 112 Å². The fraction of sp³-hybridized carbons (Fsp3) is 0. The molecule has 0 bridgehead atoms. The molecule has 0 spiro atoms. The van der Waals surface area contributed by atoms with E-state index in [2.05, 4.69) is 132 Å². The SMILES string of the molecule is c1cc2c3c(c1)ccc1c3c3c4c(ccc3n1-c1nc3ccccc3nc1-c1cccc3c1sc1ccccc13)sc1cccc-2c14. The van der Waals surface area contributed by atoms with Gasteiger partial charge in [-0.3, -0.25) is 4.57 Å². The van der Waals surface area contributed by atoms with Gasteiger partial charge in [0.15, 0.2) is 5.82 Å². The van der Waals surface area contributed by atoms with Crippen molar-refractivity contribution in [1.29, 1.82) is 0 Å². The van der Waals surface area contributed by atoms with Crippen molar-refractivity contribution < 1.29 is 0 Å². The molecule has 216 valence electrons. The van der Waals surface area contributed by atoms with Crippen LogP contribution < -0.4 is 0 Å². The number of hydrogen-bond donors (Lipinski definition) is 0. The largest absolute Gasteiger partial charge is 0.292 e. The van der Waals surface area contributed by atoms with Crippen LogP contribution in [0.5, 0.6) is 0 Å². The van der Waals surface area contributed by atoms with Gasteiger partial charge in [0.05, 0.1) is 22.1 Å². The van der Waals surface area contributed by atoms with Gasteiger partial charge >= 0.3 is 0 Å². The molecule has 4 aromatic heterocycles. The number of para-hydroxylation sites is 2. The van der Waals surface area contributed by atoms with Crippen molar-refractivity contribution in [2.75, 3.05) is 0 Å². The Morgan fingerprint density at radius 2 is 1.09 bits per heavy atom. The quantitative estimate of drug-likeness (QED) is 0.190. The Hall–Kier alpha value is -5.62. The van der Waals surface area contributed by atoms with E-state index >= 15 is 0 Å². The van der Waals surface area contributed by atoms with Crippen LogP contribution in [0, 0.1) is 0 Å². The van der Waals surface area contributed by atoms with Gasteiger partial charge in [0.1, 0.15) is 5.69 Å². The number of nitrogens with zero attached hydrogens (tertiary/aromatic N) is 3. The monoisotopic (exact) mass is 631 g/mol. The number of benzene rings is 7. The maximum Gasteiger partial charge on any atom is 0.165 e. The van der Waals surface area contributed by atoms with Crippen LogP contribution in [-0.4, -0.2) is 14.5 Å². The Kier molecular flexibility index (Phi) is 4.49. The summed E-state index contributed by atoms with van der Waals surface area (Å²) in [5.74, 6) is 0.866. The lowest BCUT2D eigenvalue weighted by Gasteiger charge is -2.15. The molecule has 12 rings (SSSR count). The van der Waals surface area contributed by atoms with Crippen LogP contribution in [0.3, 0.4) is 0 Å². The molecule has 0 unspecified atom stereocenters. The first-order valence-corrected chi connectivity index (χ1v) is 17.5. The predicted molar refractivity (Wildman–Crippen MR) is 202 cm³/mol. The Morgan fingerprint density at radius 3 is 2.00 bits per heavy atom. The lowest BCUT2D eigenvalue weighted by molar-refractivity contribution is 1.08. The number of rotatable bonds is 2. The van der Waals surface area contributed by atoms with Crippen molar-refractivity contribution in [2.45, 2.75) is 0 Å². The first-order chi connectivity index (χ1) is 23.3. The van der Waals surface area contributed by atoms with Crippen molar-refractivity contribution in [3.8, 4) is 28.2 Å². The van der Waals surface area contributed by atoms with Gasteiger partial charge in [-0.05, 0) is 64.4 Å². The first-order valence-electron chi connectivity index (χ1n) is 15.8. The van der Waals surface area contributed by atoms with Gasteiger partial charge in [-0.25, -0.2) is 9.97 Å². The van der Waals surface area contributed by atoms with Gasteiger partial charge in [0.25, 0.3) is 0 Å². The second-order valence-corrected chi connectivity index (χ2v) is 14.6. The van der Waals surface area contributed by atoms with Gasteiger partial charge in [-0.15, -0.1) is 22.7 Å². The van der Waals surface area contributed by atoms with E-state index in [-0.39, 0.29) is 0 Å². The highest BCUT2D eigenvalue weighted by molar-refractivity contribution is 7.26. The summed E-state index contributed by atoms with van der Waals surface area (Å²) in [6.45, 7) is 0. The summed E-state index contributed by atoms with van der Waals surface area (Å²) in [6, 6.07) is 46.4. The van der Waals surface area contributed by atoms with E-state index in [4.69, 9.17) is 9.97 Å². The Morgan fingerprint density at radius 1 is 0.426 bits per heavy atom. The molecule has 11 aromatic rings.